The first-order valence-corrected chi connectivity index (χ1v) is 6.81. The number of benzene rings is 1. The van der Waals surface area contributed by atoms with Crippen LogP contribution in [0.15, 0.2) is 35.0 Å². The lowest BCUT2D eigenvalue weighted by atomic mass is 10.1. The van der Waals surface area contributed by atoms with E-state index >= 15 is 0 Å². The zero-order valence-electron chi connectivity index (χ0n) is 11.1. The maximum Gasteiger partial charge on any atom is 0.196 e. The first-order chi connectivity index (χ1) is 9.43. The Hall–Kier alpha value is -1.81. The molecular weight excluding hydrogens is 274 g/mol. The molecule has 0 saturated carbocycles. The van der Waals surface area contributed by atoms with Crippen molar-refractivity contribution in [2.24, 2.45) is 0 Å². The molecule has 0 aliphatic carbocycles. The third-order valence-electron chi connectivity index (χ3n) is 3.79. The van der Waals surface area contributed by atoms with Crippen LogP contribution in [0.4, 0.5) is 5.82 Å². The summed E-state index contributed by atoms with van der Waals surface area (Å²) in [5, 5.41) is 1.07. The molecule has 0 atom stereocenters. The van der Waals surface area contributed by atoms with Gasteiger partial charge in [-0.2, -0.15) is 0 Å². The van der Waals surface area contributed by atoms with Crippen LogP contribution in [0, 0.1) is 0 Å². The van der Waals surface area contributed by atoms with Crippen LogP contribution in [-0.4, -0.2) is 23.1 Å². The zero-order chi connectivity index (χ0) is 12.7. The van der Waals surface area contributed by atoms with Crippen LogP contribution in [0.2, 0.25) is 0 Å². The average molecular weight is 290 g/mol. The molecule has 0 bridgehead atoms. The second kappa shape index (κ2) is 5.29. The summed E-state index contributed by atoms with van der Waals surface area (Å²) in [5.41, 5.74) is 2.63. The highest BCUT2D eigenvalue weighted by molar-refractivity contribution is 6.05. The molecule has 2 aromatic heterocycles. The number of furan rings is 1. The Morgan fingerprint density at radius 1 is 1.00 bits per heavy atom. The quantitative estimate of drug-likeness (QED) is 0.683. The minimum absolute atomic E-state index is 0. The second-order valence-electron chi connectivity index (χ2n) is 5.02. The highest BCUT2D eigenvalue weighted by Gasteiger charge is 2.19. The first kappa shape index (κ1) is 13.2. The number of fused-ring (bicyclic) bond motifs is 3. The molecule has 0 spiro atoms. The predicted molar refractivity (Wildman–Crippen MR) is 82.6 cm³/mol. The van der Waals surface area contributed by atoms with Gasteiger partial charge in [0.25, 0.3) is 0 Å². The van der Waals surface area contributed by atoms with Crippen LogP contribution in [0.25, 0.3) is 22.1 Å². The molecule has 5 heteroatoms. The van der Waals surface area contributed by atoms with Gasteiger partial charge in [0.05, 0.1) is 0 Å². The van der Waals surface area contributed by atoms with E-state index in [9.17, 15) is 0 Å². The monoisotopic (exact) mass is 289 g/mol. The Bertz CT molecular complexity index is 734. The summed E-state index contributed by atoms with van der Waals surface area (Å²) in [5.74, 6) is 0.945. The Balaban J connectivity index is 0.00000121. The molecule has 4 nitrogen and oxygen atoms in total. The normalized spacial score (nSPS) is 15.5. The summed E-state index contributed by atoms with van der Waals surface area (Å²) in [7, 11) is 0. The second-order valence-corrected chi connectivity index (χ2v) is 5.02. The van der Waals surface area contributed by atoms with E-state index in [2.05, 4.69) is 14.9 Å². The zero-order valence-corrected chi connectivity index (χ0v) is 11.9. The first-order valence-electron chi connectivity index (χ1n) is 6.81. The van der Waals surface area contributed by atoms with Gasteiger partial charge in [-0.25, -0.2) is 9.97 Å². The van der Waals surface area contributed by atoms with Gasteiger partial charge in [-0.3, -0.25) is 0 Å². The van der Waals surface area contributed by atoms with Crippen LogP contribution in [0.3, 0.4) is 0 Å². The van der Waals surface area contributed by atoms with E-state index in [0.29, 0.717) is 0 Å². The number of hydrogen-bond acceptors (Lipinski definition) is 4. The number of piperidine rings is 1. The molecular formula is C15H16ClN3O. The van der Waals surface area contributed by atoms with Gasteiger partial charge < -0.3 is 9.32 Å². The van der Waals surface area contributed by atoms with Crippen LogP contribution >= 0.6 is 12.4 Å². The molecule has 3 heterocycles. The van der Waals surface area contributed by atoms with Gasteiger partial charge in [0.15, 0.2) is 11.4 Å². The summed E-state index contributed by atoms with van der Waals surface area (Å²) in [6.45, 7) is 2.12. The van der Waals surface area contributed by atoms with Gasteiger partial charge >= 0.3 is 0 Å². The number of halogens is 1. The summed E-state index contributed by atoms with van der Waals surface area (Å²) in [4.78, 5) is 11.2. The van der Waals surface area contributed by atoms with Crippen molar-refractivity contribution in [2.45, 2.75) is 19.3 Å². The van der Waals surface area contributed by atoms with E-state index in [4.69, 9.17) is 4.42 Å². The largest absolute Gasteiger partial charge is 0.450 e. The van der Waals surface area contributed by atoms with E-state index in [1.165, 1.54) is 19.3 Å². The van der Waals surface area contributed by atoms with Gasteiger partial charge in [0.2, 0.25) is 0 Å². The molecule has 1 aliphatic heterocycles. The molecule has 0 radical (unpaired) electrons. The number of hydrogen-bond donors (Lipinski definition) is 0. The maximum atomic E-state index is 5.97. The molecule has 0 unspecified atom stereocenters. The van der Waals surface area contributed by atoms with Crippen molar-refractivity contribution in [1.82, 2.24) is 9.97 Å². The molecule has 104 valence electrons. The highest BCUT2D eigenvalue weighted by atomic mass is 35.5. The van der Waals surface area contributed by atoms with Gasteiger partial charge in [0.1, 0.15) is 17.4 Å². The number of aromatic nitrogens is 2. The van der Waals surface area contributed by atoms with Crippen molar-refractivity contribution in [3.05, 3.63) is 30.6 Å². The third-order valence-corrected chi connectivity index (χ3v) is 3.79. The molecule has 20 heavy (non-hydrogen) atoms. The van der Waals surface area contributed by atoms with Crippen LogP contribution in [0.5, 0.6) is 0 Å². The predicted octanol–water partition coefficient (Wildman–Crippen LogP) is 3.79. The van der Waals surface area contributed by atoms with Gasteiger partial charge in [0, 0.05) is 18.5 Å². The summed E-state index contributed by atoms with van der Waals surface area (Å²) >= 11 is 0. The fourth-order valence-electron chi connectivity index (χ4n) is 2.84. The Morgan fingerprint density at radius 3 is 2.65 bits per heavy atom. The van der Waals surface area contributed by atoms with Crippen molar-refractivity contribution >= 4 is 40.3 Å². The highest BCUT2D eigenvalue weighted by Crippen LogP contribution is 2.32. The lowest BCUT2D eigenvalue weighted by Gasteiger charge is -2.27. The lowest BCUT2D eigenvalue weighted by Crippen LogP contribution is -2.30. The Labute approximate surface area is 123 Å². The fourth-order valence-corrected chi connectivity index (χ4v) is 2.84. The number of anilines is 1. The van der Waals surface area contributed by atoms with Gasteiger partial charge in [-0.1, -0.05) is 12.1 Å². The molecule has 1 saturated heterocycles. The lowest BCUT2D eigenvalue weighted by molar-refractivity contribution is 0.569. The topological polar surface area (TPSA) is 42.2 Å². The van der Waals surface area contributed by atoms with E-state index in [1.807, 2.05) is 24.3 Å². The molecule has 0 amide bonds. The van der Waals surface area contributed by atoms with Gasteiger partial charge in [-0.05, 0) is 31.4 Å². The molecule has 3 aromatic rings. The molecule has 0 N–H and O–H groups in total. The summed E-state index contributed by atoms with van der Waals surface area (Å²) in [6, 6.07) is 8.03. The molecule has 1 aliphatic rings. The average Bonchev–Trinajstić information content (AvgIpc) is 2.87. The van der Waals surface area contributed by atoms with Crippen molar-refractivity contribution < 1.29 is 4.42 Å². The molecule has 1 aromatic carbocycles. The minimum Gasteiger partial charge on any atom is -0.450 e. The van der Waals surface area contributed by atoms with Crippen molar-refractivity contribution in [2.75, 3.05) is 18.0 Å². The van der Waals surface area contributed by atoms with E-state index in [-0.39, 0.29) is 12.4 Å². The Kier molecular flexibility index (Phi) is 3.49. The minimum atomic E-state index is 0. The number of para-hydroxylation sites is 1. The van der Waals surface area contributed by atoms with Crippen molar-refractivity contribution in [3.63, 3.8) is 0 Å². The maximum absolute atomic E-state index is 5.97. The molecule has 1 fully saturated rings. The van der Waals surface area contributed by atoms with Crippen LogP contribution < -0.4 is 4.90 Å². The standard InChI is InChI=1S/C15H15N3O.ClH/c1-4-8-18(9-5-1)15-14-13(16-10-17-15)11-6-2-3-7-12(11)19-14;/h2-3,6-7,10H,1,4-5,8-9H2;1H. The fraction of sp³-hybridized carbons (Fsp3) is 0.333. The van der Waals surface area contributed by atoms with E-state index in [1.54, 1.807) is 6.33 Å². The van der Waals surface area contributed by atoms with Crippen molar-refractivity contribution in [3.8, 4) is 0 Å². The van der Waals surface area contributed by atoms with E-state index in [0.717, 1.165) is 41.0 Å². The summed E-state index contributed by atoms with van der Waals surface area (Å²) < 4.78 is 5.97. The third kappa shape index (κ3) is 2.00. The summed E-state index contributed by atoms with van der Waals surface area (Å²) in [6.07, 6.45) is 5.41. The number of nitrogens with zero attached hydrogens (tertiary/aromatic N) is 3. The van der Waals surface area contributed by atoms with Crippen LogP contribution in [-0.2, 0) is 0 Å². The molecule has 4 rings (SSSR count). The smallest absolute Gasteiger partial charge is 0.196 e. The number of rotatable bonds is 1. The SMILES string of the molecule is Cl.c1ccc2c(c1)oc1c(N3CCCCC3)ncnc12. The Morgan fingerprint density at radius 2 is 1.80 bits per heavy atom. The van der Waals surface area contributed by atoms with Gasteiger partial charge in [-0.15, -0.1) is 12.4 Å². The van der Waals surface area contributed by atoms with Crippen LogP contribution in [0.1, 0.15) is 19.3 Å². The van der Waals surface area contributed by atoms with Crippen molar-refractivity contribution in [1.29, 1.82) is 0 Å². The van der Waals surface area contributed by atoms with E-state index < -0.39 is 0 Å².